The number of allylic oxidation sites excluding steroid dienone is 1. The molecule has 2 nitrogen and oxygen atoms in total. The van der Waals surface area contributed by atoms with Gasteiger partial charge in [0.2, 0.25) is 0 Å². The Morgan fingerprint density at radius 3 is 2.65 bits per heavy atom. The van der Waals surface area contributed by atoms with E-state index in [2.05, 4.69) is 29.9 Å². The van der Waals surface area contributed by atoms with Gasteiger partial charge >= 0.3 is 0 Å². The van der Waals surface area contributed by atoms with Crippen LogP contribution in [0.1, 0.15) is 33.1 Å². The van der Waals surface area contributed by atoms with Gasteiger partial charge in [-0.25, -0.2) is 4.99 Å². The van der Waals surface area contributed by atoms with E-state index in [1.54, 1.807) is 12.1 Å². The van der Waals surface area contributed by atoms with Crippen LogP contribution in [0.4, 0.5) is 5.69 Å². The molecule has 0 N–H and O–H groups in total. The smallest absolute Gasteiger partial charge is 0.109 e. The van der Waals surface area contributed by atoms with Crippen molar-refractivity contribution in [2.24, 2.45) is 4.99 Å². The second-order valence-electron chi connectivity index (χ2n) is 4.87. The van der Waals surface area contributed by atoms with Crippen molar-refractivity contribution in [1.82, 2.24) is 4.90 Å². The third-order valence-corrected chi connectivity index (χ3v) is 4.33. The van der Waals surface area contributed by atoms with E-state index < -0.39 is 0 Å². The van der Waals surface area contributed by atoms with Crippen LogP contribution in [0.15, 0.2) is 28.9 Å². The van der Waals surface area contributed by atoms with Crippen LogP contribution in [0.3, 0.4) is 0 Å². The summed E-state index contributed by atoms with van der Waals surface area (Å²) < 4.78 is 0. The van der Waals surface area contributed by atoms with Crippen LogP contribution < -0.4 is 0 Å². The van der Waals surface area contributed by atoms with Gasteiger partial charge in [0.15, 0.2) is 0 Å². The molecular formula is C15H17Cl3N2. The lowest BCUT2D eigenvalue weighted by molar-refractivity contribution is 0.595. The summed E-state index contributed by atoms with van der Waals surface area (Å²) >= 11 is 18.1. The van der Waals surface area contributed by atoms with Gasteiger partial charge in [0.1, 0.15) is 5.84 Å². The second kappa shape index (κ2) is 6.84. The molecule has 1 aliphatic rings. The van der Waals surface area contributed by atoms with Gasteiger partial charge in [-0.05, 0) is 31.9 Å². The Hall–Kier alpha value is -0.700. The maximum Gasteiger partial charge on any atom is 0.109 e. The Bertz CT molecular complexity index is 564. The van der Waals surface area contributed by atoms with Gasteiger partial charge in [0.05, 0.1) is 20.8 Å². The quantitative estimate of drug-likeness (QED) is 0.612. The Morgan fingerprint density at radius 1 is 1.25 bits per heavy atom. The molecule has 1 aromatic rings. The molecule has 0 saturated carbocycles. The van der Waals surface area contributed by atoms with Gasteiger partial charge in [-0.1, -0.05) is 47.3 Å². The van der Waals surface area contributed by atoms with Crippen LogP contribution in [-0.4, -0.2) is 17.3 Å². The Balaban J connectivity index is 2.32. The highest BCUT2D eigenvalue weighted by atomic mass is 35.5. The number of amidine groups is 1. The first-order valence-electron chi connectivity index (χ1n) is 6.67. The molecule has 0 unspecified atom stereocenters. The van der Waals surface area contributed by atoms with Gasteiger partial charge in [-0.3, -0.25) is 0 Å². The molecule has 108 valence electrons. The lowest BCUT2D eigenvalue weighted by Gasteiger charge is -2.15. The third kappa shape index (κ3) is 3.69. The minimum Gasteiger partial charge on any atom is -0.337 e. The molecular weight excluding hydrogens is 315 g/mol. The van der Waals surface area contributed by atoms with Crippen LogP contribution in [0, 0.1) is 0 Å². The highest BCUT2D eigenvalue weighted by Crippen LogP contribution is 2.35. The first-order chi connectivity index (χ1) is 9.51. The van der Waals surface area contributed by atoms with Crippen LogP contribution >= 0.6 is 34.8 Å². The van der Waals surface area contributed by atoms with Crippen LogP contribution in [0.25, 0.3) is 0 Å². The van der Waals surface area contributed by atoms with Crippen molar-refractivity contribution in [2.45, 2.75) is 33.1 Å². The Kier molecular flexibility index (Phi) is 5.36. The molecule has 5 heteroatoms. The number of rotatable bonds is 3. The molecule has 20 heavy (non-hydrogen) atoms. The standard InChI is InChI=1S/C15H17Cl3N2/c1-3-10(2)9-20-6-4-5-15(20)19-14-8-12(17)11(16)7-13(14)18/h7-9H,3-6H2,1-2H3/b10-9-,19-15?. The molecule has 0 bridgehead atoms. The van der Waals surface area contributed by atoms with Gasteiger partial charge in [0, 0.05) is 19.2 Å². The molecule has 0 atom stereocenters. The molecule has 0 aromatic heterocycles. The molecule has 1 fully saturated rings. The first-order valence-corrected chi connectivity index (χ1v) is 7.80. The van der Waals surface area contributed by atoms with Crippen molar-refractivity contribution in [3.63, 3.8) is 0 Å². The van der Waals surface area contributed by atoms with Gasteiger partial charge in [-0.15, -0.1) is 0 Å². The number of benzene rings is 1. The topological polar surface area (TPSA) is 15.6 Å². The van der Waals surface area contributed by atoms with Crippen molar-refractivity contribution < 1.29 is 0 Å². The molecule has 2 rings (SSSR count). The number of hydrogen-bond acceptors (Lipinski definition) is 1. The fourth-order valence-electron chi connectivity index (χ4n) is 2.03. The van der Waals surface area contributed by atoms with Gasteiger partial charge in [0.25, 0.3) is 0 Å². The summed E-state index contributed by atoms with van der Waals surface area (Å²) in [6.07, 6.45) is 5.25. The number of likely N-dealkylation sites (tertiary alicyclic amines) is 1. The van der Waals surface area contributed by atoms with Crippen molar-refractivity contribution in [2.75, 3.05) is 6.54 Å². The monoisotopic (exact) mass is 330 g/mol. The lowest BCUT2D eigenvalue weighted by atomic mass is 10.2. The minimum absolute atomic E-state index is 0.450. The zero-order chi connectivity index (χ0) is 14.7. The highest BCUT2D eigenvalue weighted by Gasteiger charge is 2.17. The summed E-state index contributed by atoms with van der Waals surface area (Å²) in [5.41, 5.74) is 2.00. The number of hydrogen-bond donors (Lipinski definition) is 0. The molecule has 0 amide bonds. The van der Waals surface area contributed by atoms with E-state index in [0.29, 0.717) is 20.8 Å². The van der Waals surface area contributed by atoms with Crippen molar-refractivity contribution in [3.05, 3.63) is 39.0 Å². The summed E-state index contributed by atoms with van der Waals surface area (Å²) in [7, 11) is 0. The molecule has 1 aromatic carbocycles. The van der Waals surface area contributed by atoms with Crippen LogP contribution in [-0.2, 0) is 0 Å². The predicted molar refractivity (Wildman–Crippen MR) is 88.6 cm³/mol. The lowest BCUT2D eigenvalue weighted by Crippen LogP contribution is -2.18. The summed E-state index contributed by atoms with van der Waals surface area (Å²) in [4.78, 5) is 6.84. The molecule has 0 spiro atoms. The summed E-state index contributed by atoms with van der Waals surface area (Å²) in [6.45, 7) is 5.27. The summed E-state index contributed by atoms with van der Waals surface area (Å²) in [5.74, 6) is 1.03. The van der Waals surface area contributed by atoms with E-state index in [0.717, 1.165) is 31.6 Å². The van der Waals surface area contributed by atoms with E-state index >= 15 is 0 Å². The number of aliphatic imine (C=N–C) groups is 1. The molecule has 1 heterocycles. The van der Waals surface area contributed by atoms with Crippen molar-refractivity contribution >= 4 is 46.3 Å². The average molecular weight is 332 g/mol. The normalized spacial score (nSPS) is 18.1. The van der Waals surface area contributed by atoms with E-state index in [1.165, 1.54) is 5.57 Å². The Morgan fingerprint density at radius 2 is 1.95 bits per heavy atom. The maximum atomic E-state index is 6.18. The summed E-state index contributed by atoms with van der Waals surface area (Å²) in [6, 6.07) is 3.35. The van der Waals surface area contributed by atoms with Crippen LogP contribution in [0.2, 0.25) is 15.1 Å². The van der Waals surface area contributed by atoms with E-state index in [1.807, 2.05) is 0 Å². The van der Waals surface area contributed by atoms with Gasteiger partial charge in [-0.2, -0.15) is 0 Å². The summed E-state index contributed by atoms with van der Waals surface area (Å²) in [5, 5.41) is 1.45. The minimum atomic E-state index is 0.450. The van der Waals surface area contributed by atoms with Crippen molar-refractivity contribution in [3.8, 4) is 0 Å². The Labute approximate surface area is 135 Å². The largest absolute Gasteiger partial charge is 0.337 e. The molecule has 1 saturated heterocycles. The first kappa shape index (κ1) is 15.7. The zero-order valence-electron chi connectivity index (χ0n) is 11.6. The molecule has 0 aliphatic carbocycles. The predicted octanol–water partition coefficient (Wildman–Crippen LogP) is 6.09. The van der Waals surface area contributed by atoms with E-state index in [-0.39, 0.29) is 0 Å². The number of halogens is 3. The highest BCUT2D eigenvalue weighted by molar-refractivity contribution is 6.44. The number of nitrogens with zero attached hydrogens (tertiary/aromatic N) is 2. The van der Waals surface area contributed by atoms with Crippen molar-refractivity contribution in [1.29, 1.82) is 0 Å². The second-order valence-corrected chi connectivity index (χ2v) is 6.09. The fourth-order valence-corrected chi connectivity index (χ4v) is 2.62. The zero-order valence-corrected chi connectivity index (χ0v) is 13.9. The SMILES string of the molecule is CC/C(C)=C\N1CCCC1=Nc1cc(Cl)c(Cl)cc1Cl. The molecule has 1 aliphatic heterocycles. The maximum absolute atomic E-state index is 6.18. The van der Waals surface area contributed by atoms with Gasteiger partial charge < -0.3 is 4.90 Å². The van der Waals surface area contributed by atoms with Crippen LogP contribution in [0.5, 0.6) is 0 Å². The molecule has 0 radical (unpaired) electrons. The van der Waals surface area contributed by atoms with E-state index in [9.17, 15) is 0 Å². The average Bonchev–Trinajstić information content (AvgIpc) is 2.83. The third-order valence-electron chi connectivity index (χ3n) is 3.30. The van der Waals surface area contributed by atoms with E-state index in [4.69, 9.17) is 34.8 Å². The fraction of sp³-hybridized carbons (Fsp3) is 0.400.